The molecule has 0 spiro atoms. The molecule has 2 aromatic rings. The first kappa shape index (κ1) is 23.4. The van der Waals surface area contributed by atoms with Gasteiger partial charge in [-0.15, -0.1) is 0 Å². The van der Waals surface area contributed by atoms with Crippen LogP contribution in [-0.2, 0) is 15.0 Å². The van der Waals surface area contributed by atoms with E-state index in [0.717, 1.165) is 10.0 Å². The summed E-state index contributed by atoms with van der Waals surface area (Å²) in [6.07, 6.45) is 0.369. The largest absolute Gasteiger partial charge is 0.483 e. The lowest BCUT2D eigenvalue weighted by Crippen LogP contribution is -2.43. The highest BCUT2D eigenvalue weighted by molar-refractivity contribution is 9.10. The summed E-state index contributed by atoms with van der Waals surface area (Å²) in [5, 5.41) is 2.70. The van der Waals surface area contributed by atoms with Crippen LogP contribution in [0, 0.1) is 0 Å². The van der Waals surface area contributed by atoms with Crippen molar-refractivity contribution in [2.45, 2.75) is 39.5 Å². The van der Waals surface area contributed by atoms with Gasteiger partial charge < -0.3 is 10.1 Å². The first-order chi connectivity index (χ1) is 14.1. The Morgan fingerprint density at radius 2 is 1.63 bits per heavy atom. The van der Waals surface area contributed by atoms with Crippen molar-refractivity contribution in [1.82, 2.24) is 10.9 Å². The first-order valence-corrected chi connectivity index (χ1v) is 10.3. The molecule has 3 amide bonds. The third-order valence-electron chi connectivity index (χ3n) is 4.22. The minimum atomic E-state index is -0.498. The van der Waals surface area contributed by atoms with Crippen molar-refractivity contribution in [2.24, 2.45) is 0 Å². The van der Waals surface area contributed by atoms with Crippen molar-refractivity contribution in [2.75, 3.05) is 11.9 Å². The van der Waals surface area contributed by atoms with E-state index in [1.165, 1.54) is 0 Å². The molecule has 2 rings (SSSR count). The van der Waals surface area contributed by atoms with Gasteiger partial charge in [0, 0.05) is 17.7 Å². The standard InChI is InChI=1S/C22H26BrN3O4/c1-5-19(27)24-16-9-6-14(7-10-16)21(29)26-25-20(28)13-30-18-11-8-15(12-17(18)23)22(2,3)4/h6-12H,5,13H2,1-4H3,(H,24,27)(H,25,28)(H,26,29). The molecule has 0 fully saturated rings. The van der Waals surface area contributed by atoms with Crippen LogP contribution in [0.5, 0.6) is 5.75 Å². The SMILES string of the molecule is CCC(=O)Nc1ccc(C(=O)NNC(=O)COc2ccc(C(C)(C)C)cc2Br)cc1. The Labute approximate surface area is 184 Å². The summed E-state index contributed by atoms with van der Waals surface area (Å²) in [5.41, 5.74) is 6.72. The summed E-state index contributed by atoms with van der Waals surface area (Å²) >= 11 is 3.46. The molecule has 2 aromatic carbocycles. The van der Waals surface area contributed by atoms with Crippen LogP contribution in [-0.4, -0.2) is 24.3 Å². The highest BCUT2D eigenvalue weighted by Crippen LogP contribution is 2.31. The lowest BCUT2D eigenvalue weighted by Gasteiger charge is -2.20. The van der Waals surface area contributed by atoms with Crippen LogP contribution in [0.2, 0.25) is 0 Å². The fourth-order valence-corrected chi connectivity index (χ4v) is 2.91. The summed E-state index contributed by atoms with van der Waals surface area (Å²) < 4.78 is 6.27. The van der Waals surface area contributed by atoms with Crippen LogP contribution in [0.25, 0.3) is 0 Å². The maximum Gasteiger partial charge on any atom is 0.276 e. The number of ether oxygens (including phenoxy) is 1. The highest BCUT2D eigenvalue weighted by atomic mass is 79.9. The van der Waals surface area contributed by atoms with E-state index in [0.29, 0.717) is 23.4 Å². The molecule has 30 heavy (non-hydrogen) atoms. The molecule has 7 nitrogen and oxygen atoms in total. The van der Waals surface area contributed by atoms with E-state index in [9.17, 15) is 14.4 Å². The van der Waals surface area contributed by atoms with E-state index in [-0.39, 0.29) is 17.9 Å². The number of benzene rings is 2. The minimum absolute atomic E-state index is 0.00248. The van der Waals surface area contributed by atoms with Gasteiger partial charge in [0.2, 0.25) is 5.91 Å². The number of carbonyl (C=O) groups excluding carboxylic acids is 3. The van der Waals surface area contributed by atoms with Gasteiger partial charge in [-0.25, -0.2) is 0 Å². The van der Waals surface area contributed by atoms with Crippen molar-refractivity contribution >= 4 is 39.3 Å². The summed E-state index contributed by atoms with van der Waals surface area (Å²) in [6, 6.07) is 12.1. The molecule has 0 heterocycles. The molecule has 0 atom stereocenters. The molecule has 0 saturated carbocycles. The van der Waals surface area contributed by atoms with E-state index in [1.807, 2.05) is 12.1 Å². The number of hydrazine groups is 1. The maximum absolute atomic E-state index is 12.1. The Hall–Kier alpha value is -2.87. The molecule has 0 aliphatic rings. The molecule has 8 heteroatoms. The number of anilines is 1. The zero-order valence-corrected chi connectivity index (χ0v) is 19.1. The molecule has 0 unspecified atom stereocenters. The van der Waals surface area contributed by atoms with Gasteiger partial charge in [-0.3, -0.25) is 25.2 Å². The van der Waals surface area contributed by atoms with Gasteiger partial charge in [0.25, 0.3) is 11.8 Å². The molecule has 0 saturated heterocycles. The van der Waals surface area contributed by atoms with Crippen LogP contribution >= 0.6 is 15.9 Å². The van der Waals surface area contributed by atoms with Crippen molar-refractivity contribution in [1.29, 1.82) is 0 Å². The molecule has 0 radical (unpaired) electrons. The van der Waals surface area contributed by atoms with Crippen LogP contribution in [0.3, 0.4) is 0 Å². The lowest BCUT2D eigenvalue weighted by molar-refractivity contribution is -0.123. The van der Waals surface area contributed by atoms with Gasteiger partial charge in [0.05, 0.1) is 4.47 Å². The van der Waals surface area contributed by atoms with Crippen molar-refractivity contribution < 1.29 is 19.1 Å². The molecular formula is C22H26BrN3O4. The Bertz CT molecular complexity index is 921. The van der Waals surface area contributed by atoms with E-state index >= 15 is 0 Å². The van der Waals surface area contributed by atoms with Crippen LogP contribution in [0.15, 0.2) is 46.9 Å². The normalized spacial score (nSPS) is 10.8. The van der Waals surface area contributed by atoms with Gasteiger partial charge in [-0.2, -0.15) is 0 Å². The summed E-state index contributed by atoms with van der Waals surface area (Å²) in [5.74, 6) is -0.553. The molecule has 0 aliphatic heterocycles. The van der Waals surface area contributed by atoms with Crippen molar-refractivity contribution in [3.8, 4) is 5.75 Å². The molecule has 160 valence electrons. The fourth-order valence-electron chi connectivity index (χ4n) is 2.42. The molecular weight excluding hydrogens is 450 g/mol. The van der Waals surface area contributed by atoms with E-state index < -0.39 is 11.8 Å². The second kappa shape index (κ2) is 10.2. The number of hydrogen-bond acceptors (Lipinski definition) is 4. The lowest BCUT2D eigenvalue weighted by atomic mass is 9.87. The average Bonchev–Trinajstić information content (AvgIpc) is 2.70. The van der Waals surface area contributed by atoms with Crippen LogP contribution < -0.4 is 20.9 Å². The van der Waals surface area contributed by atoms with E-state index in [4.69, 9.17) is 4.74 Å². The van der Waals surface area contributed by atoms with Crippen molar-refractivity contribution in [3.63, 3.8) is 0 Å². The maximum atomic E-state index is 12.1. The van der Waals surface area contributed by atoms with Gasteiger partial charge in [-0.1, -0.05) is 33.8 Å². The Balaban J connectivity index is 1.83. The Morgan fingerprint density at radius 3 is 2.20 bits per heavy atom. The topological polar surface area (TPSA) is 96.5 Å². The predicted octanol–water partition coefficient (Wildman–Crippen LogP) is 3.94. The first-order valence-electron chi connectivity index (χ1n) is 9.52. The van der Waals surface area contributed by atoms with Gasteiger partial charge in [-0.05, 0) is 63.3 Å². The van der Waals surface area contributed by atoms with Crippen molar-refractivity contribution in [3.05, 3.63) is 58.1 Å². The van der Waals surface area contributed by atoms with E-state index in [2.05, 4.69) is 52.9 Å². The minimum Gasteiger partial charge on any atom is -0.483 e. The number of nitrogens with one attached hydrogen (secondary N) is 3. The third-order valence-corrected chi connectivity index (χ3v) is 4.84. The Kier molecular flexibility index (Phi) is 8.00. The second-order valence-electron chi connectivity index (χ2n) is 7.67. The van der Waals surface area contributed by atoms with Gasteiger partial charge in [0.1, 0.15) is 5.75 Å². The zero-order valence-electron chi connectivity index (χ0n) is 17.5. The fraction of sp³-hybridized carbons (Fsp3) is 0.318. The molecule has 0 aliphatic carbocycles. The van der Waals surface area contributed by atoms with Crippen LogP contribution in [0.1, 0.15) is 50.0 Å². The summed E-state index contributed by atoms with van der Waals surface area (Å²) in [7, 11) is 0. The number of rotatable bonds is 6. The summed E-state index contributed by atoms with van der Waals surface area (Å²) in [4.78, 5) is 35.5. The summed E-state index contributed by atoms with van der Waals surface area (Å²) in [6.45, 7) is 7.83. The number of carbonyl (C=O) groups is 3. The van der Waals surface area contributed by atoms with Gasteiger partial charge in [0.15, 0.2) is 6.61 Å². The quantitative estimate of drug-likeness (QED) is 0.551. The zero-order chi connectivity index (χ0) is 22.3. The van der Waals surface area contributed by atoms with E-state index in [1.54, 1.807) is 37.3 Å². The smallest absolute Gasteiger partial charge is 0.276 e. The molecule has 0 bridgehead atoms. The number of hydrogen-bond donors (Lipinski definition) is 3. The van der Waals surface area contributed by atoms with Crippen LogP contribution in [0.4, 0.5) is 5.69 Å². The Morgan fingerprint density at radius 1 is 0.967 bits per heavy atom. The third kappa shape index (κ3) is 6.88. The highest BCUT2D eigenvalue weighted by Gasteiger charge is 2.16. The molecule has 0 aromatic heterocycles. The average molecular weight is 476 g/mol. The number of amides is 3. The molecule has 3 N–H and O–H groups in total. The predicted molar refractivity (Wildman–Crippen MR) is 119 cm³/mol. The number of halogens is 1. The van der Waals surface area contributed by atoms with Gasteiger partial charge >= 0.3 is 0 Å². The second-order valence-corrected chi connectivity index (χ2v) is 8.52. The monoisotopic (exact) mass is 475 g/mol.